The highest BCUT2D eigenvalue weighted by atomic mass is 16.5. The maximum Gasteiger partial charge on any atom is 0.233 e. The maximum atomic E-state index is 6.50. The van der Waals surface area contributed by atoms with Crippen LogP contribution >= 0.6 is 0 Å². The van der Waals surface area contributed by atoms with Crippen molar-refractivity contribution in [1.29, 1.82) is 0 Å². The van der Waals surface area contributed by atoms with E-state index in [1.54, 1.807) is 7.11 Å². The molecule has 9 heteroatoms. The summed E-state index contributed by atoms with van der Waals surface area (Å²) in [6.45, 7) is 3.28. The minimum absolute atomic E-state index is 0.193. The molecule has 4 heterocycles. The van der Waals surface area contributed by atoms with Crippen molar-refractivity contribution in [2.24, 2.45) is 0 Å². The third-order valence-corrected chi connectivity index (χ3v) is 6.00. The van der Waals surface area contributed by atoms with E-state index in [0.717, 1.165) is 74.8 Å². The van der Waals surface area contributed by atoms with Gasteiger partial charge >= 0.3 is 0 Å². The monoisotopic (exact) mass is 424 g/mol. The molecule has 5 rings (SSSR count). The molecule has 1 N–H and O–H groups in total. The van der Waals surface area contributed by atoms with Crippen molar-refractivity contribution in [3.05, 3.63) is 36.7 Å². The number of nitrogens with one attached hydrogen (secondary N) is 1. The van der Waals surface area contributed by atoms with E-state index in [2.05, 4.69) is 37.8 Å². The van der Waals surface area contributed by atoms with Crippen molar-refractivity contribution in [3.8, 4) is 11.6 Å². The lowest BCUT2D eigenvalue weighted by atomic mass is 9.93. The Morgan fingerprint density at radius 2 is 1.90 bits per heavy atom. The number of rotatable bonds is 6. The van der Waals surface area contributed by atoms with Crippen LogP contribution in [0, 0.1) is 0 Å². The summed E-state index contributed by atoms with van der Waals surface area (Å²) < 4.78 is 19.0. The lowest BCUT2D eigenvalue weighted by Crippen LogP contribution is -2.36. The van der Waals surface area contributed by atoms with Crippen LogP contribution in [0.2, 0.25) is 0 Å². The molecule has 164 valence electrons. The highest BCUT2D eigenvalue weighted by Gasteiger charge is 2.24. The van der Waals surface area contributed by atoms with Crippen molar-refractivity contribution in [2.75, 3.05) is 43.6 Å². The second-order valence-electron chi connectivity index (χ2n) is 8.02. The first-order valence-electron chi connectivity index (χ1n) is 10.9. The van der Waals surface area contributed by atoms with E-state index in [1.165, 1.54) is 0 Å². The lowest BCUT2D eigenvalue weighted by molar-refractivity contribution is 0.122. The second kappa shape index (κ2) is 8.97. The van der Waals surface area contributed by atoms with Gasteiger partial charge in [-0.25, -0.2) is 4.52 Å². The molecule has 0 spiro atoms. The molecule has 2 aliphatic rings. The predicted molar refractivity (Wildman–Crippen MR) is 117 cm³/mol. The number of pyridine rings is 1. The van der Waals surface area contributed by atoms with Gasteiger partial charge < -0.3 is 24.4 Å². The van der Waals surface area contributed by atoms with Crippen LogP contribution in [-0.2, 0) is 4.74 Å². The fraction of sp³-hybridized carbons (Fsp3) is 0.500. The molecule has 3 aromatic rings. The summed E-state index contributed by atoms with van der Waals surface area (Å²) in [5.74, 6) is 2.21. The van der Waals surface area contributed by atoms with Crippen molar-refractivity contribution < 1.29 is 14.2 Å². The van der Waals surface area contributed by atoms with Crippen LogP contribution in [-0.4, -0.2) is 65.4 Å². The minimum atomic E-state index is 0.193. The Morgan fingerprint density at radius 3 is 2.65 bits per heavy atom. The Kier molecular flexibility index (Phi) is 5.75. The van der Waals surface area contributed by atoms with Gasteiger partial charge in [-0.2, -0.15) is 5.10 Å². The smallest absolute Gasteiger partial charge is 0.233 e. The number of hydrogen-bond acceptors (Lipinski definition) is 8. The molecule has 9 nitrogen and oxygen atoms in total. The van der Waals surface area contributed by atoms with E-state index >= 15 is 0 Å². The summed E-state index contributed by atoms with van der Waals surface area (Å²) in [6.07, 6.45) is 8.12. The van der Waals surface area contributed by atoms with E-state index in [4.69, 9.17) is 14.2 Å². The first kappa shape index (κ1) is 19.9. The summed E-state index contributed by atoms with van der Waals surface area (Å²) in [5.41, 5.74) is 2.13. The van der Waals surface area contributed by atoms with Crippen molar-refractivity contribution in [3.63, 3.8) is 0 Å². The van der Waals surface area contributed by atoms with Crippen LogP contribution in [0.3, 0.4) is 0 Å². The molecule has 0 bridgehead atoms. The standard InChI is InChI=1S/C22H28N6O3/c1-29-22-7-6-21(25-26-22)24-16-2-4-18(5-3-16)31-20-14-17(27-10-12-30-13-11-27)15-28-19(20)8-9-23-28/h6-9,14-16,18H,2-5,10-13H2,1H3,(H,24,25). The molecular weight excluding hydrogens is 396 g/mol. The van der Waals surface area contributed by atoms with Crippen LogP contribution in [0.4, 0.5) is 11.5 Å². The largest absolute Gasteiger partial charge is 0.488 e. The van der Waals surface area contributed by atoms with Gasteiger partial charge in [-0.1, -0.05) is 0 Å². The summed E-state index contributed by atoms with van der Waals surface area (Å²) in [7, 11) is 1.59. The van der Waals surface area contributed by atoms with Crippen molar-refractivity contribution in [1.82, 2.24) is 19.8 Å². The predicted octanol–water partition coefficient (Wildman–Crippen LogP) is 2.77. The molecule has 1 saturated carbocycles. The van der Waals surface area contributed by atoms with E-state index in [1.807, 2.05) is 28.9 Å². The number of ether oxygens (including phenoxy) is 3. The molecule has 0 unspecified atom stereocenters. The zero-order valence-corrected chi connectivity index (χ0v) is 17.7. The average Bonchev–Trinajstić information content (AvgIpc) is 3.31. The molecule has 1 saturated heterocycles. The normalized spacial score (nSPS) is 21.8. The lowest BCUT2D eigenvalue weighted by Gasteiger charge is -2.31. The van der Waals surface area contributed by atoms with Crippen LogP contribution in [0.15, 0.2) is 36.7 Å². The Balaban J connectivity index is 1.23. The van der Waals surface area contributed by atoms with Gasteiger partial charge in [0.05, 0.1) is 44.5 Å². The van der Waals surface area contributed by atoms with Crippen LogP contribution in [0.25, 0.3) is 5.52 Å². The number of nitrogens with zero attached hydrogens (tertiary/aromatic N) is 5. The Hall–Kier alpha value is -3.07. The molecule has 2 fully saturated rings. The molecule has 0 atom stereocenters. The van der Waals surface area contributed by atoms with Gasteiger partial charge in [0.1, 0.15) is 17.1 Å². The molecule has 1 aliphatic carbocycles. The molecule has 31 heavy (non-hydrogen) atoms. The average molecular weight is 425 g/mol. The maximum absolute atomic E-state index is 6.50. The number of aromatic nitrogens is 4. The Morgan fingerprint density at radius 1 is 1.06 bits per heavy atom. The van der Waals surface area contributed by atoms with Gasteiger partial charge in [0.2, 0.25) is 5.88 Å². The van der Waals surface area contributed by atoms with E-state index in [0.29, 0.717) is 11.9 Å². The molecular formula is C22H28N6O3. The first-order chi connectivity index (χ1) is 15.3. The van der Waals surface area contributed by atoms with Crippen molar-refractivity contribution in [2.45, 2.75) is 37.8 Å². The fourth-order valence-electron chi connectivity index (χ4n) is 4.29. The fourth-order valence-corrected chi connectivity index (χ4v) is 4.29. The van der Waals surface area contributed by atoms with E-state index in [-0.39, 0.29) is 6.10 Å². The van der Waals surface area contributed by atoms with Gasteiger partial charge in [-0.3, -0.25) is 0 Å². The Labute approximate surface area is 181 Å². The highest BCUT2D eigenvalue weighted by molar-refractivity contribution is 5.65. The number of anilines is 2. The van der Waals surface area contributed by atoms with Gasteiger partial charge in [0.15, 0.2) is 0 Å². The summed E-state index contributed by atoms with van der Waals surface area (Å²) in [6, 6.07) is 8.26. The highest BCUT2D eigenvalue weighted by Crippen LogP contribution is 2.31. The zero-order chi connectivity index (χ0) is 21.0. The topological polar surface area (TPSA) is 86.0 Å². The quantitative estimate of drug-likeness (QED) is 0.647. The number of fused-ring (bicyclic) bond motifs is 1. The van der Waals surface area contributed by atoms with Crippen LogP contribution in [0.5, 0.6) is 11.6 Å². The van der Waals surface area contributed by atoms with Gasteiger partial charge in [0.25, 0.3) is 0 Å². The molecule has 0 amide bonds. The molecule has 1 aliphatic heterocycles. The number of methoxy groups -OCH3 is 1. The second-order valence-corrected chi connectivity index (χ2v) is 8.02. The third-order valence-electron chi connectivity index (χ3n) is 6.00. The van der Waals surface area contributed by atoms with E-state index < -0.39 is 0 Å². The number of morpholine rings is 1. The van der Waals surface area contributed by atoms with Crippen LogP contribution in [0.1, 0.15) is 25.7 Å². The van der Waals surface area contributed by atoms with Gasteiger partial charge in [0, 0.05) is 31.3 Å². The Bertz CT molecular complexity index is 994. The van der Waals surface area contributed by atoms with E-state index in [9.17, 15) is 0 Å². The summed E-state index contributed by atoms with van der Waals surface area (Å²) in [4.78, 5) is 2.33. The summed E-state index contributed by atoms with van der Waals surface area (Å²) in [5, 5.41) is 16.1. The zero-order valence-electron chi connectivity index (χ0n) is 17.7. The molecule has 0 radical (unpaired) electrons. The van der Waals surface area contributed by atoms with Gasteiger partial charge in [-0.15, -0.1) is 10.2 Å². The third kappa shape index (κ3) is 4.51. The number of hydrogen-bond donors (Lipinski definition) is 1. The summed E-state index contributed by atoms with van der Waals surface area (Å²) >= 11 is 0. The van der Waals surface area contributed by atoms with Crippen LogP contribution < -0.4 is 19.7 Å². The molecule has 0 aromatic carbocycles. The van der Waals surface area contributed by atoms with Crippen molar-refractivity contribution >= 4 is 17.0 Å². The van der Waals surface area contributed by atoms with Gasteiger partial charge in [-0.05, 0) is 37.8 Å². The SMILES string of the molecule is COc1ccc(NC2CCC(Oc3cc(N4CCOCC4)cn4nccc34)CC2)nn1. The molecule has 3 aromatic heterocycles. The minimum Gasteiger partial charge on any atom is -0.488 e. The first-order valence-corrected chi connectivity index (χ1v) is 10.9.